The highest BCUT2D eigenvalue weighted by molar-refractivity contribution is 7.99. The summed E-state index contributed by atoms with van der Waals surface area (Å²) >= 11 is 1.32. The van der Waals surface area contributed by atoms with Crippen LogP contribution in [0.2, 0.25) is 0 Å². The minimum Gasteiger partial charge on any atom is -0.293 e. The number of thioether (sulfide) groups is 1. The van der Waals surface area contributed by atoms with Gasteiger partial charge in [-0.1, -0.05) is 62.0 Å². The van der Waals surface area contributed by atoms with Crippen molar-refractivity contribution in [3.63, 3.8) is 0 Å². The van der Waals surface area contributed by atoms with Gasteiger partial charge in [-0.3, -0.25) is 14.2 Å². The lowest BCUT2D eigenvalue weighted by molar-refractivity contribution is 0.102. The molecule has 5 heteroatoms. The molecule has 0 aliphatic carbocycles. The fraction of sp³-hybridized carbons (Fsp3) is 0.318. The van der Waals surface area contributed by atoms with Gasteiger partial charge in [0.15, 0.2) is 10.9 Å². The highest BCUT2D eigenvalue weighted by Gasteiger charge is 2.13. The van der Waals surface area contributed by atoms with Gasteiger partial charge in [-0.15, -0.1) is 0 Å². The average Bonchev–Trinajstić information content (AvgIpc) is 2.71. The number of aromatic nitrogens is 2. The minimum absolute atomic E-state index is 0.0424. The van der Waals surface area contributed by atoms with Crippen molar-refractivity contribution in [2.45, 2.75) is 44.8 Å². The summed E-state index contributed by atoms with van der Waals surface area (Å²) in [7, 11) is 0. The Morgan fingerprint density at radius 2 is 1.81 bits per heavy atom. The summed E-state index contributed by atoms with van der Waals surface area (Å²) in [5, 5.41) is 1.20. The fourth-order valence-corrected chi connectivity index (χ4v) is 3.94. The Kier molecular flexibility index (Phi) is 6.11. The Morgan fingerprint density at radius 3 is 2.48 bits per heavy atom. The van der Waals surface area contributed by atoms with Crippen molar-refractivity contribution in [1.82, 2.24) is 9.55 Å². The van der Waals surface area contributed by atoms with Crippen LogP contribution in [0.15, 0.2) is 58.5 Å². The number of para-hydroxylation sites is 1. The summed E-state index contributed by atoms with van der Waals surface area (Å²) < 4.78 is 1.63. The Hall–Kier alpha value is -2.40. The highest BCUT2D eigenvalue weighted by atomic mass is 32.2. The standard InChI is InChI=1S/C22H24N2O2S/c1-4-15(3)16-10-12-17(13-11-16)20(25)14-27-22-23-19-9-7-6-8-18(19)21(26)24(22)5-2/h6-13,15H,4-5,14H2,1-3H3/t15-/m0/s1. The van der Waals surface area contributed by atoms with Gasteiger partial charge in [0, 0.05) is 12.1 Å². The largest absolute Gasteiger partial charge is 0.293 e. The molecule has 2 aromatic carbocycles. The minimum atomic E-state index is -0.0593. The fourth-order valence-electron chi connectivity index (χ4n) is 2.98. The van der Waals surface area contributed by atoms with E-state index < -0.39 is 0 Å². The van der Waals surface area contributed by atoms with E-state index in [0.717, 1.165) is 6.42 Å². The Morgan fingerprint density at radius 1 is 1.11 bits per heavy atom. The number of hydrogen-bond donors (Lipinski definition) is 0. The maximum atomic E-state index is 12.6. The quantitative estimate of drug-likeness (QED) is 0.332. The molecule has 0 saturated heterocycles. The molecule has 0 saturated carbocycles. The van der Waals surface area contributed by atoms with E-state index in [1.807, 2.05) is 49.4 Å². The van der Waals surface area contributed by atoms with Gasteiger partial charge in [-0.25, -0.2) is 4.98 Å². The molecule has 3 aromatic rings. The highest BCUT2D eigenvalue weighted by Crippen LogP contribution is 2.21. The van der Waals surface area contributed by atoms with Gasteiger partial charge in [0.1, 0.15) is 0 Å². The zero-order valence-electron chi connectivity index (χ0n) is 15.9. The maximum absolute atomic E-state index is 12.6. The van der Waals surface area contributed by atoms with E-state index in [2.05, 4.69) is 18.8 Å². The lowest BCUT2D eigenvalue weighted by Crippen LogP contribution is -2.22. The summed E-state index contributed by atoms with van der Waals surface area (Å²) in [5.74, 6) is 0.790. The van der Waals surface area contributed by atoms with Crippen molar-refractivity contribution in [3.8, 4) is 0 Å². The van der Waals surface area contributed by atoms with Gasteiger partial charge in [0.05, 0.1) is 16.7 Å². The van der Waals surface area contributed by atoms with Crippen LogP contribution in [-0.2, 0) is 6.54 Å². The lowest BCUT2D eigenvalue weighted by atomic mass is 9.97. The van der Waals surface area contributed by atoms with Crippen LogP contribution < -0.4 is 5.56 Å². The van der Waals surface area contributed by atoms with Crippen molar-refractivity contribution in [2.24, 2.45) is 0 Å². The van der Waals surface area contributed by atoms with Crippen molar-refractivity contribution in [3.05, 3.63) is 70.0 Å². The molecule has 27 heavy (non-hydrogen) atoms. The van der Waals surface area contributed by atoms with E-state index >= 15 is 0 Å². The molecular weight excluding hydrogens is 356 g/mol. The van der Waals surface area contributed by atoms with Crippen LogP contribution in [0.25, 0.3) is 10.9 Å². The predicted octanol–water partition coefficient (Wildman–Crippen LogP) is 4.90. The molecule has 4 nitrogen and oxygen atoms in total. The van der Waals surface area contributed by atoms with Crippen LogP contribution in [-0.4, -0.2) is 21.1 Å². The number of benzene rings is 2. The SMILES string of the molecule is CC[C@H](C)c1ccc(C(=O)CSc2nc3ccccc3c(=O)n2CC)cc1. The second kappa shape index (κ2) is 8.53. The first-order valence-corrected chi connectivity index (χ1v) is 10.3. The molecule has 1 atom stereocenters. The number of carbonyl (C=O) groups excluding carboxylic acids is 1. The summed E-state index contributed by atoms with van der Waals surface area (Å²) in [6.07, 6.45) is 1.07. The molecule has 0 spiro atoms. The predicted molar refractivity (Wildman–Crippen MR) is 112 cm³/mol. The van der Waals surface area contributed by atoms with Crippen molar-refractivity contribution < 1.29 is 4.79 Å². The van der Waals surface area contributed by atoms with E-state index in [-0.39, 0.29) is 17.1 Å². The number of rotatable bonds is 7. The van der Waals surface area contributed by atoms with Crippen molar-refractivity contribution in [2.75, 3.05) is 5.75 Å². The van der Waals surface area contributed by atoms with Crippen LogP contribution in [0.3, 0.4) is 0 Å². The summed E-state index contributed by atoms with van der Waals surface area (Å²) in [5.41, 5.74) is 2.55. The van der Waals surface area contributed by atoms with E-state index in [0.29, 0.717) is 34.1 Å². The van der Waals surface area contributed by atoms with Gasteiger partial charge >= 0.3 is 0 Å². The summed E-state index contributed by atoms with van der Waals surface area (Å²) in [6, 6.07) is 15.2. The second-order valence-electron chi connectivity index (χ2n) is 6.60. The third-order valence-electron chi connectivity index (χ3n) is 4.89. The molecule has 0 aliphatic heterocycles. The normalized spacial score (nSPS) is 12.3. The number of carbonyl (C=O) groups is 1. The first kappa shape index (κ1) is 19.4. The third-order valence-corrected chi connectivity index (χ3v) is 5.87. The number of fused-ring (bicyclic) bond motifs is 1. The van der Waals surface area contributed by atoms with Crippen molar-refractivity contribution >= 4 is 28.4 Å². The smallest absolute Gasteiger partial charge is 0.262 e. The summed E-state index contributed by atoms with van der Waals surface area (Å²) in [4.78, 5) is 29.8. The Bertz CT molecular complexity index is 1010. The van der Waals surface area contributed by atoms with Gasteiger partial charge < -0.3 is 0 Å². The lowest BCUT2D eigenvalue weighted by Gasteiger charge is -2.11. The van der Waals surface area contributed by atoms with Crippen LogP contribution in [0.4, 0.5) is 0 Å². The topological polar surface area (TPSA) is 52.0 Å². The van der Waals surface area contributed by atoms with Crippen LogP contribution in [0.1, 0.15) is 49.0 Å². The number of nitrogens with zero attached hydrogens (tertiary/aromatic N) is 2. The zero-order valence-corrected chi connectivity index (χ0v) is 16.8. The zero-order chi connectivity index (χ0) is 19.4. The molecule has 140 valence electrons. The maximum Gasteiger partial charge on any atom is 0.262 e. The molecule has 0 unspecified atom stereocenters. The molecule has 0 N–H and O–H groups in total. The van der Waals surface area contributed by atoms with Crippen molar-refractivity contribution in [1.29, 1.82) is 0 Å². The number of ketones is 1. The molecule has 0 radical (unpaired) electrons. The Labute approximate surface area is 163 Å². The Balaban J connectivity index is 1.80. The third kappa shape index (κ3) is 4.14. The molecule has 1 heterocycles. The molecule has 0 bridgehead atoms. The molecule has 1 aromatic heterocycles. The van der Waals surface area contributed by atoms with E-state index in [9.17, 15) is 9.59 Å². The molecule has 0 aliphatic rings. The first-order valence-electron chi connectivity index (χ1n) is 9.30. The molecular formula is C22H24N2O2S. The monoisotopic (exact) mass is 380 g/mol. The molecule has 0 fully saturated rings. The summed E-state index contributed by atoms with van der Waals surface area (Å²) in [6.45, 7) is 6.78. The van der Waals surface area contributed by atoms with Gasteiger partial charge in [-0.05, 0) is 37.0 Å². The van der Waals surface area contributed by atoms with E-state index in [4.69, 9.17) is 0 Å². The molecule has 0 amide bonds. The second-order valence-corrected chi connectivity index (χ2v) is 7.55. The van der Waals surface area contributed by atoms with Crippen LogP contribution >= 0.6 is 11.8 Å². The number of Topliss-reactive ketones (excluding diaryl/α,β-unsaturated/α-hetero) is 1. The first-order chi connectivity index (χ1) is 13.0. The van der Waals surface area contributed by atoms with Gasteiger partial charge in [-0.2, -0.15) is 0 Å². The van der Waals surface area contributed by atoms with E-state index in [1.54, 1.807) is 10.6 Å². The van der Waals surface area contributed by atoms with Crippen LogP contribution in [0, 0.1) is 0 Å². The van der Waals surface area contributed by atoms with Gasteiger partial charge in [0.2, 0.25) is 0 Å². The van der Waals surface area contributed by atoms with E-state index in [1.165, 1.54) is 17.3 Å². The molecule has 3 rings (SSSR count). The van der Waals surface area contributed by atoms with Crippen LogP contribution in [0.5, 0.6) is 0 Å². The van der Waals surface area contributed by atoms with Gasteiger partial charge in [0.25, 0.3) is 5.56 Å². The average molecular weight is 381 g/mol. The number of hydrogen-bond acceptors (Lipinski definition) is 4.